The van der Waals surface area contributed by atoms with Crippen LogP contribution in [0.15, 0.2) is 71.8 Å². The Kier molecular flexibility index (Phi) is 6.87. The van der Waals surface area contributed by atoms with Gasteiger partial charge in [-0.2, -0.15) is 5.10 Å². The molecule has 0 aromatic heterocycles. The van der Waals surface area contributed by atoms with Crippen LogP contribution >= 0.6 is 11.6 Å². The van der Waals surface area contributed by atoms with Crippen molar-refractivity contribution in [2.45, 2.75) is 13.5 Å². The van der Waals surface area contributed by atoms with Crippen LogP contribution in [0.2, 0.25) is 5.02 Å². The van der Waals surface area contributed by atoms with Crippen molar-refractivity contribution in [3.05, 3.63) is 94.0 Å². The molecule has 0 saturated heterocycles. The lowest BCUT2D eigenvalue weighted by molar-refractivity contribution is 0.0955. The lowest BCUT2D eigenvalue weighted by atomic mass is 10.1. The van der Waals surface area contributed by atoms with Gasteiger partial charge < -0.3 is 9.47 Å². The molecule has 148 valence electrons. The number of carbonyl (C=O) groups is 1. The van der Waals surface area contributed by atoms with Gasteiger partial charge in [-0.25, -0.2) is 5.43 Å². The van der Waals surface area contributed by atoms with E-state index in [9.17, 15) is 4.79 Å². The molecular weight excluding hydrogens is 388 g/mol. The highest BCUT2D eigenvalue weighted by molar-refractivity contribution is 6.32. The fourth-order valence-corrected chi connectivity index (χ4v) is 2.97. The fraction of sp³-hybridized carbons (Fsp3) is 0.130. The zero-order valence-corrected chi connectivity index (χ0v) is 16.9. The van der Waals surface area contributed by atoms with Crippen LogP contribution < -0.4 is 14.9 Å². The molecule has 0 unspecified atom stereocenters. The van der Waals surface area contributed by atoms with Crippen LogP contribution in [0.4, 0.5) is 0 Å². The van der Waals surface area contributed by atoms with Crippen LogP contribution in [0, 0.1) is 6.92 Å². The number of hydrogen-bond donors (Lipinski definition) is 1. The molecule has 0 aliphatic heterocycles. The van der Waals surface area contributed by atoms with E-state index in [1.807, 2.05) is 37.3 Å². The second-order valence-corrected chi connectivity index (χ2v) is 6.72. The molecule has 3 rings (SSSR count). The molecule has 0 atom stereocenters. The number of aryl methyl sites for hydroxylation is 1. The average molecular weight is 409 g/mol. The number of halogens is 1. The summed E-state index contributed by atoms with van der Waals surface area (Å²) in [5.41, 5.74) is 5.89. The van der Waals surface area contributed by atoms with Gasteiger partial charge in [-0.3, -0.25) is 4.79 Å². The Labute approximate surface area is 174 Å². The molecule has 0 saturated carbocycles. The average Bonchev–Trinajstić information content (AvgIpc) is 2.74. The number of benzene rings is 3. The van der Waals surface area contributed by atoms with Crippen LogP contribution in [0.1, 0.15) is 27.0 Å². The van der Waals surface area contributed by atoms with Crippen molar-refractivity contribution in [2.75, 3.05) is 7.11 Å². The smallest absolute Gasteiger partial charge is 0.271 e. The molecule has 3 aromatic rings. The quantitative estimate of drug-likeness (QED) is 0.442. The topological polar surface area (TPSA) is 59.9 Å². The van der Waals surface area contributed by atoms with Gasteiger partial charge in [-0.1, -0.05) is 54.1 Å². The summed E-state index contributed by atoms with van der Waals surface area (Å²) in [5.74, 6) is 0.655. The highest BCUT2D eigenvalue weighted by atomic mass is 35.5. The lowest BCUT2D eigenvalue weighted by Crippen LogP contribution is -2.17. The maximum Gasteiger partial charge on any atom is 0.271 e. The molecule has 0 spiro atoms. The molecular formula is C23H21ClN2O3. The van der Waals surface area contributed by atoms with Gasteiger partial charge in [0.15, 0.2) is 11.5 Å². The molecule has 5 nitrogen and oxygen atoms in total. The van der Waals surface area contributed by atoms with Gasteiger partial charge in [-0.05, 0) is 47.9 Å². The molecule has 0 aliphatic carbocycles. The highest BCUT2D eigenvalue weighted by Gasteiger charge is 2.12. The van der Waals surface area contributed by atoms with Gasteiger partial charge in [0.2, 0.25) is 0 Å². The van der Waals surface area contributed by atoms with E-state index >= 15 is 0 Å². The standard InChI is InChI=1S/C23H21ClN2O3/c1-16-8-6-7-11-19(16)15-29-22-20(24)12-17(13-21(22)28-2)14-25-26-23(27)18-9-4-3-5-10-18/h3-14H,15H2,1-2H3,(H,26,27)/b25-14-. The van der Waals surface area contributed by atoms with Crippen molar-refractivity contribution < 1.29 is 14.3 Å². The molecule has 0 bridgehead atoms. The predicted molar refractivity (Wildman–Crippen MR) is 115 cm³/mol. The van der Waals surface area contributed by atoms with E-state index in [2.05, 4.69) is 10.5 Å². The number of hydrogen-bond acceptors (Lipinski definition) is 4. The molecule has 3 aromatic carbocycles. The normalized spacial score (nSPS) is 10.7. The van der Waals surface area contributed by atoms with E-state index in [-0.39, 0.29) is 5.91 Å². The summed E-state index contributed by atoms with van der Waals surface area (Å²) in [4.78, 5) is 12.0. The number of methoxy groups -OCH3 is 1. The van der Waals surface area contributed by atoms with Crippen LogP contribution in [-0.2, 0) is 6.61 Å². The van der Waals surface area contributed by atoms with Crippen LogP contribution in [0.3, 0.4) is 0 Å². The third-order valence-corrected chi connectivity index (χ3v) is 4.58. The first kappa shape index (κ1) is 20.4. The van der Waals surface area contributed by atoms with Crippen molar-refractivity contribution in [3.63, 3.8) is 0 Å². The number of hydrazone groups is 1. The minimum atomic E-state index is -0.293. The zero-order valence-electron chi connectivity index (χ0n) is 16.2. The largest absolute Gasteiger partial charge is 0.493 e. The summed E-state index contributed by atoms with van der Waals surface area (Å²) < 4.78 is 11.3. The number of ether oxygens (including phenoxy) is 2. The Morgan fingerprint density at radius 3 is 2.55 bits per heavy atom. The molecule has 0 fully saturated rings. The first-order valence-electron chi connectivity index (χ1n) is 9.02. The van der Waals surface area contributed by atoms with Crippen molar-refractivity contribution >= 4 is 23.7 Å². The second-order valence-electron chi connectivity index (χ2n) is 6.31. The summed E-state index contributed by atoms with van der Waals surface area (Å²) >= 11 is 6.40. The summed E-state index contributed by atoms with van der Waals surface area (Å²) in [6.45, 7) is 2.41. The van der Waals surface area contributed by atoms with E-state index in [1.165, 1.54) is 6.21 Å². The minimum absolute atomic E-state index is 0.293. The van der Waals surface area contributed by atoms with Gasteiger partial charge in [0.05, 0.1) is 18.3 Å². The number of amides is 1. The van der Waals surface area contributed by atoms with Gasteiger partial charge >= 0.3 is 0 Å². The van der Waals surface area contributed by atoms with E-state index < -0.39 is 0 Å². The van der Waals surface area contributed by atoms with E-state index in [0.717, 1.165) is 11.1 Å². The van der Waals surface area contributed by atoms with E-state index in [1.54, 1.807) is 43.5 Å². The monoisotopic (exact) mass is 408 g/mol. The minimum Gasteiger partial charge on any atom is -0.493 e. The highest BCUT2D eigenvalue weighted by Crippen LogP contribution is 2.36. The van der Waals surface area contributed by atoms with Crippen LogP contribution in [0.25, 0.3) is 0 Å². The Balaban J connectivity index is 1.70. The molecule has 29 heavy (non-hydrogen) atoms. The molecule has 1 amide bonds. The van der Waals surface area contributed by atoms with Crippen LogP contribution in [-0.4, -0.2) is 19.2 Å². The molecule has 0 radical (unpaired) electrons. The predicted octanol–water partition coefficient (Wildman–Crippen LogP) is 5.00. The van der Waals surface area contributed by atoms with E-state index in [0.29, 0.717) is 34.3 Å². The Bertz CT molecular complexity index is 1020. The summed E-state index contributed by atoms with van der Waals surface area (Å²) in [6.07, 6.45) is 1.50. The molecule has 6 heteroatoms. The summed E-state index contributed by atoms with van der Waals surface area (Å²) in [5, 5.41) is 4.39. The number of rotatable bonds is 7. The van der Waals surface area contributed by atoms with Crippen LogP contribution in [0.5, 0.6) is 11.5 Å². The SMILES string of the molecule is COc1cc(/C=N\NC(=O)c2ccccc2)cc(Cl)c1OCc1ccccc1C. The zero-order chi connectivity index (χ0) is 20.6. The fourth-order valence-electron chi connectivity index (χ4n) is 2.70. The maximum atomic E-state index is 12.0. The Hall–Kier alpha value is -3.31. The summed E-state index contributed by atoms with van der Waals surface area (Å²) in [7, 11) is 1.55. The number of nitrogens with zero attached hydrogens (tertiary/aromatic N) is 1. The molecule has 0 aliphatic rings. The maximum absolute atomic E-state index is 12.0. The third kappa shape index (κ3) is 5.36. The van der Waals surface area contributed by atoms with Crippen molar-refractivity contribution in [1.82, 2.24) is 5.43 Å². The molecule has 1 N–H and O–H groups in total. The van der Waals surface area contributed by atoms with Crippen molar-refractivity contribution in [3.8, 4) is 11.5 Å². The van der Waals surface area contributed by atoms with Crippen molar-refractivity contribution in [2.24, 2.45) is 5.10 Å². The summed E-state index contributed by atoms with van der Waals surface area (Å²) in [6, 6.07) is 20.3. The third-order valence-electron chi connectivity index (χ3n) is 4.30. The number of nitrogens with one attached hydrogen (secondary N) is 1. The van der Waals surface area contributed by atoms with E-state index in [4.69, 9.17) is 21.1 Å². The lowest BCUT2D eigenvalue weighted by Gasteiger charge is -2.14. The van der Waals surface area contributed by atoms with Crippen molar-refractivity contribution in [1.29, 1.82) is 0 Å². The first-order valence-corrected chi connectivity index (χ1v) is 9.39. The van der Waals surface area contributed by atoms with Gasteiger partial charge in [-0.15, -0.1) is 0 Å². The van der Waals surface area contributed by atoms with Gasteiger partial charge in [0, 0.05) is 5.56 Å². The Morgan fingerprint density at radius 1 is 1.10 bits per heavy atom. The second kappa shape index (κ2) is 9.75. The first-order chi connectivity index (χ1) is 14.1. The van der Waals surface area contributed by atoms with Gasteiger partial charge in [0.25, 0.3) is 5.91 Å². The molecule has 0 heterocycles. The van der Waals surface area contributed by atoms with Gasteiger partial charge in [0.1, 0.15) is 6.61 Å². The Morgan fingerprint density at radius 2 is 1.83 bits per heavy atom. The number of carbonyl (C=O) groups excluding carboxylic acids is 1.